The third-order valence-corrected chi connectivity index (χ3v) is 4.82. The van der Waals surface area contributed by atoms with Gasteiger partial charge in [-0.3, -0.25) is 9.59 Å². The minimum Gasteiger partial charge on any atom is -0.481 e. The summed E-state index contributed by atoms with van der Waals surface area (Å²) in [5.41, 5.74) is 1.87. The van der Waals surface area contributed by atoms with Gasteiger partial charge in [-0.05, 0) is 50.2 Å². The first kappa shape index (κ1) is 13.2. The summed E-state index contributed by atoms with van der Waals surface area (Å²) in [4.78, 5) is 23.9. The molecule has 2 saturated carbocycles. The fourth-order valence-corrected chi connectivity index (χ4v) is 3.89. The van der Waals surface area contributed by atoms with Gasteiger partial charge in [-0.15, -0.1) is 0 Å². The lowest BCUT2D eigenvalue weighted by Gasteiger charge is -2.27. The lowest BCUT2D eigenvalue weighted by atomic mass is 9.78. The summed E-state index contributed by atoms with van der Waals surface area (Å²) in [6, 6.07) is 7.59. The Bertz CT molecular complexity index is 537. The predicted molar refractivity (Wildman–Crippen MR) is 75.3 cm³/mol. The summed E-state index contributed by atoms with van der Waals surface area (Å²) in [5.74, 6) is -1.39. The number of fused-ring (bicyclic) bond motifs is 2. The molecule has 0 heterocycles. The van der Waals surface area contributed by atoms with Gasteiger partial charge >= 0.3 is 5.97 Å². The van der Waals surface area contributed by atoms with Crippen LogP contribution < -0.4 is 5.32 Å². The molecule has 0 spiro atoms. The van der Waals surface area contributed by atoms with Crippen LogP contribution in [0.15, 0.2) is 24.3 Å². The molecule has 1 amide bonds. The second-order valence-corrected chi connectivity index (χ2v) is 6.08. The number of amides is 1. The maximum absolute atomic E-state index is 12.4. The minimum absolute atomic E-state index is 0.131. The number of anilines is 1. The van der Waals surface area contributed by atoms with Crippen LogP contribution in [0, 0.1) is 30.6 Å². The van der Waals surface area contributed by atoms with E-state index in [1.165, 1.54) is 0 Å². The molecule has 0 aromatic heterocycles. The van der Waals surface area contributed by atoms with E-state index in [1.807, 2.05) is 31.2 Å². The van der Waals surface area contributed by atoms with Gasteiger partial charge in [-0.2, -0.15) is 0 Å². The first-order valence-corrected chi connectivity index (χ1v) is 7.16. The maximum atomic E-state index is 12.4. The van der Waals surface area contributed by atoms with Crippen LogP contribution in [0.25, 0.3) is 0 Å². The normalized spacial score (nSPS) is 31.2. The Kier molecular flexibility index (Phi) is 3.24. The van der Waals surface area contributed by atoms with Gasteiger partial charge in [-0.1, -0.05) is 17.7 Å². The number of hydrogen-bond acceptors (Lipinski definition) is 2. The summed E-state index contributed by atoms with van der Waals surface area (Å²) in [7, 11) is 0. The molecule has 20 heavy (non-hydrogen) atoms. The summed E-state index contributed by atoms with van der Waals surface area (Å²) in [6.45, 7) is 1.99. The largest absolute Gasteiger partial charge is 0.481 e. The van der Waals surface area contributed by atoms with Crippen LogP contribution in [0.1, 0.15) is 24.8 Å². The van der Waals surface area contributed by atoms with Crippen molar-refractivity contribution in [2.24, 2.45) is 23.7 Å². The van der Waals surface area contributed by atoms with Crippen molar-refractivity contribution in [1.82, 2.24) is 0 Å². The van der Waals surface area contributed by atoms with E-state index < -0.39 is 11.9 Å². The molecule has 0 radical (unpaired) electrons. The van der Waals surface area contributed by atoms with Crippen molar-refractivity contribution in [3.63, 3.8) is 0 Å². The second kappa shape index (κ2) is 4.93. The van der Waals surface area contributed by atoms with Crippen molar-refractivity contribution in [2.75, 3.05) is 5.32 Å². The van der Waals surface area contributed by atoms with Crippen LogP contribution in [0.2, 0.25) is 0 Å². The molecule has 2 bridgehead atoms. The highest BCUT2D eigenvalue weighted by molar-refractivity contribution is 5.96. The molecule has 2 N–H and O–H groups in total. The molecule has 4 atom stereocenters. The Morgan fingerprint density at radius 2 is 1.70 bits per heavy atom. The van der Waals surface area contributed by atoms with E-state index in [9.17, 15) is 14.7 Å². The fourth-order valence-electron chi connectivity index (χ4n) is 3.89. The number of carbonyl (C=O) groups is 2. The van der Waals surface area contributed by atoms with Crippen molar-refractivity contribution in [3.05, 3.63) is 29.8 Å². The molecule has 106 valence electrons. The van der Waals surface area contributed by atoms with E-state index >= 15 is 0 Å². The molecule has 4 nitrogen and oxygen atoms in total. The predicted octanol–water partition coefficient (Wildman–Crippen LogP) is 2.68. The average molecular weight is 273 g/mol. The molecule has 4 heteroatoms. The Hall–Kier alpha value is -1.84. The molecule has 2 aliphatic rings. The molecule has 0 saturated heterocycles. The Morgan fingerprint density at radius 1 is 1.10 bits per heavy atom. The highest BCUT2D eigenvalue weighted by atomic mass is 16.4. The van der Waals surface area contributed by atoms with E-state index in [4.69, 9.17) is 0 Å². The number of aliphatic carboxylic acids is 1. The first-order chi connectivity index (χ1) is 9.56. The number of rotatable bonds is 3. The monoisotopic (exact) mass is 273 g/mol. The highest BCUT2D eigenvalue weighted by Gasteiger charge is 2.53. The van der Waals surface area contributed by atoms with Crippen molar-refractivity contribution < 1.29 is 14.7 Å². The SMILES string of the molecule is Cc1ccc(NC(=O)[C@H]2[C@H]3CC[C@@H](C3)[C@@H]2C(=O)O)cc1. The van der Waals surface area contributed by atoms with E-state index in [0.29, 0.717) is 0 Å². The Morgan fingerprint density at radius 3 is 2.30 bits per heavy atom. The average Bonchev–Trinajstić information content (AvgIpc) is 3.01. The van der Waals surface area contributed by atoms with Crippen molar-refractivity contribution in [1.29, 1.82) is 0 Å². The third-order valence-electron chi connectivity index (χ3n) is 4.82. The number of aryl methyl sites for hydroxylation is 1. The molecule has 2 aliphatic carbocycles. The quantitative estimate of drug-likeness (QED) is 0.889. The van der Waals surface area contributed by atoms with E-state index in [1.54, 1.807) is 0 Å². The van der Waals surface area contributed by atoms with Gasteiger partial charge < -0.3 is 10.4 Å². The third kappa shape index (κ3) is 2.19. The highest BCUT2D eigenvalue weighted by Crippen LogP contribution is 2.52. The summed E-state index contributed by atoms with van der Waals surface area (Å²) in [6.07, 6.45) is 2.83. The number of benzene rings is 1. The van der Waals surface area contributed by atoms with Gasteiger partial charge in [0.15, 0.2) is 0 Å². The number of nitrogens with one attached hydrogen (secondary N) is 1. The molecule has 2 fully saturated rings. The standard InChI is InChI=1S/C16H19NO3/c1-9-2-6-12(7-3-9)17-15(18)13-10-4-5-11(8-10)14(13)16(19)20/h2-3,6-7,10-11,13-14H,4-5,8H2,1H3,(H,17,18)(H,19,20)/t10-,11-,13-,14-/m0/s1. The lowest BCUT2D eigenvalue weighted by Crippen LogP contribution is -2.37. The summed E-state index contributed by atoms with van der Waals surface area (Å²) >= 11 is 0. The van der Waals surface area contributed by atoms with E-state index in [0.717, 1.165) is 30.5 Å². The summed E-state index contributed by atoms with van der Waals surface area (Å²) in [5, 5.41) is 12.3. The zero-order valence-electron chi connectivity index (χ0n) is 11.5. The molecule has 3 rings (SSSR count). The smallest absolute Gasteiger partial charge is 0.307 e. The molecule has 0 aliphatic heterocycles. The summed E-state index contributed by atoms with van der Waals surface area (Å²) < 4.78 is 0. The van der Waals surface area contributed by atoms with Crippen LogP contribution in [0.5, 0.6) is 0 Å². The Labute approximate surface area is 118 Å². The molecule has 0 unspecified atom stereocenters. The molecular formula is C16H19NO3. The van der Waals surface area contributed by atoms with Crippen molar-refractivity contribution >= 4 is 17.6 Å². The van der Waals surface area contributed by atoms with Crippen LogP contribution >= 0.6 is 0 Å². The van der Waals surface area contributed by atoms with Gasteiger partial charge in [-0.25, -0.2) is 0 Å². The zero-order valence-corrected chi connectivity index (χ0v) is 11.5. The van der Waals surface area contributed by atoms with Crippen LogP contribution in [-0.4, -0.2) is 17.0 Å². The number of carboxylic acids is 1. The van der Waals surface area contributed by atoms with Gasteiger partial charge in [0.25, 0.3) is 0 Å². The van der Waals surface area contributed by atoms with Gasteiger partial charge in [0, 0.05) is 5.69 Å². The second-order valence-electron chi connectivity index (χ2n) is 6.08. The van der Waals surface area contributed by atoms with Gasteiger partial charge in [0.1, 0.15) is 0 Å². The van der Waals surface area contributed by atoms with E-state index in [-0.39, 0.29) is 23.7 Å². The fraction of sp³-hybridized carbons (Fsp3) is 0.500. The van der Waals surface area contributed by atoms with Crippen molar-refractivity contribution in [2.45, 2.75) is 26.2 Å². The van der Waals surface area contributed by atoms with Gasteiger partial charge in [0.2, 0.25) is 5.91 Å². The first-order valence-electron chi connectivity index (χ1n) is 7.16. The molecule has 1 aromatic carbocycles. The van der Waals surface area contributed by atoms with Crippen LogP contribution in [0.4, 0.5) is 5.69 Å². The van der Waals surface area contributed by atoms with Gasteiger partial charge in [0.05, 0.1) is 11.8 Å². The topological polar surface area (TPSA) is 66.4 Å². The van der Waals surface area contributed by atoms with Crippen LogP contribution in [-0.2, 0) is 9.59 Å². The molecule has 1 aromatic rings. The molecular weight excluding hydrogens is 254 g/mol. The number of hydrogen-bond donors (Lipinski definition) is 2. The zero-order chi connectivity index (χ0) is 14.3. The van der Waals surface area contributed by atoms with Crippen molar-refractivity contribution in [3.8, 4) is 0 Å². The number of carbonyl (C=O) groups excluding carboxylic acids is 1. The number of carboxylic acid groups (broad SMARTS) is 1. The minimum atomic E-state index is -0.818. The Balaban J connectivity index is 1.76. The maximum Gasteiger partial charge on any atom is 0.307 e. The lowest BCUT2D eigenvalue weighted by molar-refractivity contribution is -0.148. The van der Waals surface area contributed by atoms with Crippen LogP contribution in [0.3, 0.4) is 0 Å². The van der Waals surface area contributed by atoms with E-state index in [2.05, 4.69) is 5.32 Å².